The number of piperidine rings is 1. The Bertz CT molecular complexity index is 1100. The zero-order chi connectivity index (χ0) is 23.5. The van der Waals surface area contributed by atoms with Crippen molar-refractivity contribution in [3.05, 3.63) is 58.1 Å². The van der Waals surface area contributed by atoms with Crippen LogP contribution >= 0.6 is 23.2 Å². The van der Waals surface area contributed by atoms with Crippen molar-refractivity contribution in [2.45, 2.75) is 24.7 Å². The third-order valence-electron chi connectivity index (χ3n) is 5.46. The summed E-state index contributed by atoms with van der Waals surface area (Å²) in [5.41, 5.74) is 0.359. The lowest BCUT2D eigenvalue weighted by Crippen LogP contribution is -2.40. The van der Waals surface area contributed by atoms with E-state index in [1.165, 1.54) is 19.2 Å². The van der Waals surface area contributed by atoms with Crippen LogP contribution in [0, 0.1) is 5.92 Å². The number of likely N-dealkylation sites (tertiary alicyclic amines) is 1. The van der Waals surface area contributed by atoms with E-state index in [-0.39, 0.29) is 21.4 Å². The normalized spacial score (nSPS) is 14.8. The minimum absolute atomic E-state index is 0.0162. The molecular formula is C22H24Cl2N2O5S. The number of anilines is 1. The Hall–Kier alpha value is -2.29. The number of halogens is 2. The number of nitrogens with zero attached hydrogens (tertiary/aromatic N) is 2. The number of ether oxygens (including phenoxy) is 1. The van der Waals surface area contributed by atoms with Gasteiger partial charge in [0.1, 0.15) is 4.90 Å². The number of benzene rings is 2. The Morgan fingerprint density at radius 3 is 2.34 bits per heavy atom. The van der Waals surface area contributed by atoms with Crippen molar-refractivity contribution in [2.24, 2.45) is 5.92 Å². The Labute approximate surface area is 197 Å². The SMILES string of the molecule is CC1CCN(C(=O)COC(=O)c2ccc(Cl)c(S(=O)(=O)N(C)c3ccc(Cl)cc3)c2)CC1. The topological polar surface area (TPSA) is 84.0 Å². The van der Waals surface area contributed by atoms with E-state index in [1.54, 1.807) is 29.2 Å². The summed E-state index contributed by atoms with van der Waals surface area (Å²) in [6.45, 7) is 3.01. The molecule has 1 heterocycles. The van der Waals surface area contributed by atoms with Gasteiger partial charge in [-0.1, -0.05) is 30.1 Å². The molecule has 10 heteroatoms. The number of sulfonamides is 1. The molecule has 3 rings (SSSR count). The van der Waals surface area contributed by atoms with Gasteiger partial charge in [0.2, 0.25) is 0 Å². The summed E-state index contributed by atoms with van der Waals surface area (Å²) in [6, 6.07) is 10.1. The largest absolute Gasteiger partial charge is 0.452 e. The number of carbonyl (C=O) groups excluding carboxylic acids is 2. The minimum atomic E-state index is -4.07. The molecule has 2 aromatic rings. The average molecular weight is 499 g/mol. The second kappa shape index (κ2) is 10.1. The number of esters is 1. The minimum Gasteiger partial charge on any atom is -0.452 e. The highest BCUT2D eigenvalue weighted by molar-refractivity contribution is 7.93. The monoisotopic (exact) mass is 498 g/mol. The summed E-state index contributed by atoms with van der Waals surface area (Å²) in [5.74, 6) is -0.498. The molecule has 1 aliphatic heterocycles. The number of rotatable bonds is 6. The molecule has 0 radical (unpaired) electrons. The van der Waals surface area contributed by atoms with Crippen molar-refractivity contribution in [1.82, 2.24) is 4.90 Å². The Morgan fingerprint density at radius 1 is 1.09 bits per heavy atom. The second-order valence-corrected chi connectivity index (χ2v) is 10.5. The highest BCUT2D eigenvalue weighted by atomic mass is 35.5. The van der Waals surface area contributed by atoms with Gasteiger partial charge in [-0.25, -0.2) is 13.2 Å². The van der Waals surface area contributed by atoms with Gasteiger partial charge in [0.05, 0.1) is 16.3 Å². The number of carbonyl (C=O) groups is 2. The van der Waals surface area contributed by atoms with Crippen LogP contribution in [0.4, 0.5) is 5.69 Å². The molecule has 2 aromatic carbocycles. The molecule has 0 unspecified atom stereocenters. The third kappa shape index (κ3) is 5.54. The maximum Gasteiger partial charge on any atom is 0.338 e. The molecular weight excluding hydrogens is 475 g/mol. The molecule has 0 spiro atoms. The molecule has 0 bridgehead atoms. The summed E-state index contributed by atoms with van der Waals surface area (Å²) in [7, 11) is -2.70. The van der Waals surface area contributed by atoms with Gasteiger partial charge in [0, 0.05) is 25.2 Å². The van der Waals surface area contributed by atoms with Crippen molar-refractivity contribution in [3.8, 4) is 0 Å². The first-order valence-corrected chi connectivity index (χ1v) is 12.3. The van der Waals surface area contributed by atoms with Crippen molar-refractivity contribution in [1.29, 1.82) is 0 Å². The predicted octanol–water partition coefficient (Wildman–Crippen LogP) is 4.23. The lowest BCUT2D eigenvalue weighted by Gasteiger charge is -2.30. The third-order valence-corrected chi connectivity index (χ3v) is 7.98. The van der Waals surface area contributed by atoms with Crippen LogP contribution in [-0.2, 0) is 19.6 Å². The standard InChI is InChI=1S/C22H24Cl2N2O5S/c1-15-9-11-26(12-10-15)21(27)14-31-22(28)16-3-8-19(24)20(13-16)32(29,30)25(2)18-6-4-17(23)5-7-18/h3-8,13,15H,9-12,14H2,1-2H3. The van der Waals surface area contributed by atoms with Crippen LogP contribution in [-0.4, -0.2) is 51.9 Å². The van der Waals surface area contributed by atoms with E-state index in [2.05, 4.69) is 6.92 Å². The van der Waals surface area contributed by atoms with Gasteiger partial charge < -0.3 is 9.64 Å². The van der Waals surface area contributed by atoms with E-state index in [4.69, 9.17) is 27.9 Å². The zero-order valence-corrected chi connectivity index (χ0v) is 20.1. The van der Waals surface area contributed by atoms with Crippen LogP contribution in [0.15, 0.2) is 47.4 Å². The van der Waals surface area contributed by atoms with Crippen LogP contribution < -0.4 is 4.31 Å². The molecule has 1 amide bonds. The number of hydrogen-bond donors (Lipinski definition) is 0. The van der Waals surface area contributed by atoms with E-state index in [0.29, 0.717) is 29.7 Å². The van der Waals surface area contributed by atoms with Crippen molar-refractivity contribution in [2.75, 3.05) is 31.0 Å². The summed E-state index contributed by atoms with van der Waals surface area (Å²) >= 11 is 12.0. The molecule has 0 aliphatic carbocycles. The molecule has 1 aliphatic rings. The van der Waals surface area contributed by atoms with Gasteiger partial charge in [0.15, 0.2) is 6.61 Å². The Morgan fingerprint density at radius 2 is 1.72 bits per heavy atom. The zero-order valence-electron chi connectivity index (χ0n) is 17.8. The van der Waals surface area contributed by atoms with Gasteiger partial charge in [0.25, 0.3) is 15.9 Å². The molecule has 0 N–H and O–H groups in total. The summed E-state index contributed by atoms with van der Waals surface area (Å²) < 4.78 is 32.4. The van der Waals surface area contributed by atoms with E-state index in [9.17, 15) is 18.0 Å². The quantitative estimate of drug-likeness (QED) is 0.556. The van der Waals surface area contributed by atoms with Crippen LogP contribution in [0.5, 0.6) is 0 Å². The fourth-order valence-corrected chi connectivity index (χ4v) is 5.15. The Kier molecular flexibility index (Phi) is 7.69. The van der Waals surface area contributed by atoms with E-state index < -0.39 is 22.6 Å². The van der Waals surface area contributed by atoms with Crippen LogP contribution in [0.2, 0.25) is 10.0 Å². The van der Waals surface area contributed by atoms with Gasteiger partial charge >= 0.3 is 5.97 Å². The maximum atomic E-state index is 13.1. The van der Waals surface area contributed by atoms with Crippen molar-refractivity contribution < 1.29 is 22.7 Å². The fraction of sp³-hybridized carbons (Fsp3) is 0.364. The Balaban J connectivity index is 1.73. The van der Waals surface area contributed by atoms with Crippen molar-refractivity contribution >= 4 is 50.8 Å². The van der Waals surface area contributed by atoms with Crippen LogP contribution in [0.25, 0.3) is 0 Å². The molecule has 7 nitrogen and oxygen atoms in total. The first-order valence-electron chi connectivity index (χ1n) is 10.1. The molecule has 172 valence electrons. The van der Waals surface area contributed by atoms with Gasteiger partial charge in [-0.2, -0.15) is 0 Å². The summed E-state index contributed by atoms with van der Waals surface area (Å²) in [4.78, 5) is 26.2. The summed E-state index contributed by atoms with van der Waals surface area (Å²) in [5, 5.41) is 0.428. The fourth-order valence-electron chi connectivity index (χ4n) is 3.33. The van der Waals surface area contributed by atoms with Crippen molar-refractivity contribution in [3.63, 3.8) is 0 Å². The molecule has 0 saturated carbocycles. The predicted molar refractivity (Wildman–Crippen MR) is 124 cm³/mol. The average Bonchev–Trinajstić information content (AvgIpc) is 2.78. The van der Waals surface area contributed by atoms with E-state index in [1.807, 2.05) is 0 Å². The maximum absolute atomic E-state index is 13.1. The molecule has 1 saturated heterocycles. The highest BCUT2D eigenvalue weighted by Crippen LogP contribution is 2.29. The van der Waals surface area contributed by atoms with Crippen LogP contribution in [0.1, 0.15) is 30.1 Å². The molecule has 1 fully saturated rings. The number of hydrogen-bond acceptors (Lipinski definition) is 5. The van der Waals surface area contributed by atoms with E-state index in [0.717, 1.165) is 23.2 Å². The lowest BCUT2D eigenvalue weighted by molar-refractivity contribution is -0.135. The van der Waals surface area contributed by atoms with Gasteiger partial charge in [-0.3, -0.25) is 9.10 Å². The van der Waals surface area contributed by atoms with E-state index >= 15 is 0 Å². The number of amides is 1. The smallest absolute Gasteiger partial charge is 0.338 e. The van der Waals surface area contributed by atoms with Gasteiger partial charge in [-0.05, 0) is 61.2 Å². The van der Waals surface area contributed by atoms with Gasteiger partial charge in [-0.15, -0.1) is 0 Å². The molecule has 0 aromatic heterocycles. The first-order chi connectivity index (χ1) is 15.1. The molecule has 32 heavy (non-hydrogen) atoms. The second-order valence-electron chi connectivity index (χ2n) is 7.73. The lowest BCUT2D eigenvalue weighted by atomic mass is 9.99. The molecule has 0 atom stereocenters. The highest BCUT2D eigenvalue weighted by Gasteiger charge is 2.26. The van der Waals surface area contributed by atoms with Crippen LogP contribution in [0.3, 0.4) is 0 Å². The summed E-state index contributed by atoms with van der Waals surface area (Å²) in [6.07, 6.45) is 1.83. The first kappa shape index (κ1) is 24.4.